The molecule has 1 aliphatic rings. The predicted octanol–water partition coefficient (Wildman–Crippen LogP) is 0.293. The molecule has 1 saturated heterocycles. The van der Waals surface area contributed by atoms with E-state index in [2.05, 4.69) is 20.2 Å². The molecule has 7 heteroatoms. The number of H-pyrrole nitrogens is 1. The molecule has 2 atom stereocenters. The molecule has 2 aromatic rings. The number of aryl methyl sites for hydroxylation is 1. The van der Waals surface area contributed by atoms with E-state index < -0.39 is 6.10 Å². The van der Waals surface area contributed by atoms with Gasteiger partial charge in [-0.1, -0.05) is 0 Å². The van der Waals surface area contributed by atoms with Gasteiger partial charge in [-0.3, -0.25) is 14.7 Å². The van der Waals surface area contributed by atoms with Gasteiger partial charge in [-0.05, 0) is 18.9 Å². The Morgan fingerprint density at radius 2 is 2.33 bits per heavy atom. The molecule has 114 valence electrons. The molecular weight excluding hydrogens is 270 g/mol. The van der Waals surface area contributed by atoms with Crippen LogP contribution in [0.15, 0.2) is 24.8 Å². The van der Waals surface area contributed by atoms with Gasteiger partial charge in [-0.2, -0.15) is 10.2 Å². The first-order chi connectivity index (χ1) is 10.2. The van der Waals surface area contributed by atoms with Crippen LogP contribution in [0.5, 0.6) is 5.75 Å². The van der Waals surface area contributed by atoms with E-state index in [1.807, 2.05) is 30.2 Å². The van der Waals surface area contributed by atoms with E-state index in [1.165, 1.54) is 5.56 Å². The Morgan fingerprint density at radius 1 is 1.43 bits per heavy atom. The van der Waals surface area contributed by atoms with Gasteiger partial charge >= 0.3 is 0 Å². The first-order valence-corrected chi connectivity index (χ1v) is 7.32. The molecule has 0 amide bonds. The number of rotatable bonds is 6. The molecule has 0 bridgehead atoms. The number of β-amino-alcohol motifs (C(OH)–C–C–N with tert-alkyl or cyclic N) is 1. The number of nitrogens with one attached hydrogen (secondary N) is 1. The largest absolute Gasteiger partial charge is 0.483 e. The summed E-state index contributed by atoms with van der Waals surface area (Å²) >= 11 is 0. The molecule has 0 aliphatic carbocycles. The number of aromatic nitrogens is 4. The van der Waals surface area contributed by atoms with E-state index >= 15 is 0 Å². The summed E-state index contributed by atoms with van der Waals surface area (Å²) in [7, 11) is 0. The molecule has 2 N–H and O–H groups in total. The van der Waals surface area contributed by atoms with Crippen molar-refractivity contribution in [2.45, 2.75) is 32.1 Å². The van der Waals surface area contributed by atoms with Crippen molar-refractivity contribution >= 4 is 0 Å². The van der Waals surface area contributed by atoms with Crippen LogP contribution in [0.1, 0.15) is 12.5 Å². The summed E-state index contributed by atoms with van der Waals surface area (Å²) in [6.45, 7) is 5.11. The highest BCUT2D eigenvalue weighted by Gasteiger charge is 2.32. The zero-order chi connectivity index (χ0) is 14.7. The van der Waals surface area contributed by atoms with Gasteiger partial charge < -0.3 is 9.84 Å². The molecule has 0 radical (unpaired) electrons. The summed E-state index contributed by atoms with van der Waals surface area (Å²) in [5.74, 6) is 0.720. The Bertz CT molecular complexity index is 553. The number of likely N-dealkylation sites (tertiary alicyclic amines) is 1. The Morgan fingerprint density at radius 3 is 3.05 bits per heavy atom. The molecule has 7 nitrogen and oxygen atoms in total. The van der Waals surface area contributed by atoms with Crippen molar-refractivity contribution in [2.24, 2.45) is 0 Å². The molecule has 0 saturated carbocycles. The average Bonchev–Trinajstić information content (AvgIpc) is 3.20. The number of aliphatic hydroxyl groups is 1. The van der Waals surface area contributed by atoms with E-state index in [0.29, 0.717) is 6.54 Å². The van der Waals surface area contributed by atoms with Gasteiger partial charge in [0, 0.05) is 32.4 Å². The lowest BCUT2D eigenvalue weighted by atomic mass is 10.2. The minimum atomic E-state index is -0.459. The van der Waals surface area contributed by atoms with E-state index in [9.17, 15) is 5.11 Å². The molecule has 1 fully saturated rings. The van der Waals surface area contributed by atoms with Gasteiger partial charge in [-0.15, -0.1) is 0 Å². The van der Waals surface area contributed by atoms with Crippen LogP contribution in [0.3, 0.4) is 0 Å². The quantitative estimate of drug-likeness (QED) is 0.800. The molecule has 0 spiro atoms. The molecule has 21 heavy (non-hydrogen) atoms. The maximum Gasteiger partial charge on any atom is 0.157 e. The van der Waals surface area contributed by atoms with E-state index in [1.54, 1.807) is 6.20 Å². The first-order valence-electron chi connectivity index (χ1n) is 7.32. The fourth-order valence-electron chi connectivity index (χ4n) is 2.59. The Balaban J connectivity index is 1.50. The Labute approximate surface area is 123 Å². The van der Waals surface area contributed by atoms with Crippen molar-refractivity contribution < 1.29 is 9.84 Å². The number of hydrogen-bond donors (Lipinski definition) is 2. The lowest BCUT2D eigenvalue weighted by Crippen LogP contribution is -2.30. The first kappa shape index (κ1) is 14.1. The zero-order valence-corrected chi connectivity index (χ0v) is 12.1. The second kappa shape index (κ2) is 6.28. The van der Waals surface area contributed by atoms with Crippen molar-refractivity contribution in [1.29, 1.82) is 0 Å². The second-order valence-corrected chi connectivity index (χ2v) is 5.37. The van der Waals surface area contributed by atoms with Gasteiger partial charge in [0.05, 0.1) is 18.6 Å². The molecule has 1 aliphatic heterocycles. The number of aliphatic hydroxyl groups excluding tert-OH is 1. The average molecular weight is 291 g/mol. The van der Waals surface area contributed by atoms with Gasteiger partial charge in [0.2, 0.25) is 0 Å². The molecule has 0 aromatic carbocycles. The molecular formula is C14H21N5O2. The van der Waals surface area contributed by atoms with Gasteiger partial charge in [-0.25, -0.2) is 0 Å². The monoisotopic (exact) mass is 291 g/mol. The van der Waals surface area contributed by atoms with Crippen molar-refractivity contribution in [2.75, 3.05) is 19.6 Å². The van der Waals surface area contributed by atoms with Gasteiger partial charge in [0.15, 0.2) is 5.75 Å². The Hall–Kier alpha value is -1.86. The Kier molecular flexibility index (Phi) is 4.21. The second-order valence-electron chi connectivity index (χ2n) is 5.37. The zero-order valence-electron chi connectivity index (χ0n) is 12.1. The van der Waals surface area contributed by atoms with Crippen LogP contribution >= 0.6 is 0 Å². The fraction of sp³-hybridized carbons (Fsp3) is 0.571. The molecule has 0 unspecified atom stereocenters. The topological polar surface area (TPSA) is 79.2 Å². The van der Waals surface area contributed by atoms with Crippen LogP contribution < -0.4 is 4.74 Å². The van der Waals surface area contributed by atoms with Crippen molar-refractivity contribution in [3.8, 4) is 5.75 Å². The highest BCUT2D eigenvalue weighted by molar-refractivity contribution is 5.13. The van der Waals surface area contributed by atoms with Crippen molar-refractivity contribution in [1.82, 2.24) is 24.9 Å². The maximum atomic E-state index is 10.1. The van der Waals surface area contributed by atoms with Crippen LogP contribution in [0.4, 0.5) is 0 Å². The maximum absolute atomic E-state index is 10.1. The van der Waals surface area contributed by atoms with E-state index in [-0.39, 0.29) is 6.10 Å². The highest BCUT2D eigenvalue weighted by atomic mass is 16.5. The van der Waals surface area contributed by atoms with Gasteiger partial charge in [0.1, 0.15) is 12.2 Å². The van der Waals surface area contributed by atoms with Crippen LogP contribution in [-0.2, 0) is 13.0 Å². The number of aromatic amines is 1. The van der Waals surface area contributed by atoms with E-state index in [4.69, 9.17) is 4.74 Å². The summed E-state index contributed by atoms with van der Waals surface area (Å²) < 4.78 is 7.66. The lowest BCUT2D eigenvalue weighted by molar-refractivity contribution is 0.0736. The van der Waals surface area contributed by atoms with Crippen LogP contribution in [0.2, 0.25) is 0 Å². The van der Waals surface area contributed by atoms with Crippen LogP contribution in [0.25, 0.3) is 0 Å². The third-order valence-electron chi connectivity index (χ3n) is 3.81. The third kappa shape index (κ3) is 3.43. The molecule has 2 aromatic heterocycles. The summed E-state index contributed by atoms with van der Waals surface area (Å²) in [6, 6.07) is 0. The van der Waals surface area contributed by atoms with Crippen molar-refractivity contribution in [3.63, 3.8) is 0 Å². The van der Waals surface area contributed by atoms with E-state index in [0.717, 1.165) is 31.8 Å². The van der Waals surface area contributed by atoms with Gasteiger partial charge in [0.25, 0.3) is 0 Å². The summed E-state index contributed by atoms with van der Waals surface area (Å²) in [6.07, 6.45) is 7.57. The SMILES string of the molecule is CCn1cc(O[C@@H]2CN(CCc3cn[nH]c3)C[C@H]2O)cn1. The molecule has 3 heterocycles. The summed E-state index contributed by atoms with van der Waals surface area (Å²) in [5, 5.41) is 21.1. The minimum absolute atomic E-state index is 0.191. The van der Waals surface area contributed by atoms with Crippen LogP contribution in [-0.4, -0.2) is 61.8 Å². The molecule has 3 rings (SSSR count). The normalized spacial score (nSPS) is 22.8. The standard InChI is InChI=1S/C14H21N5O2/c1-2-19-8-12(7-17-19)21-14-10-18(9-13(14)20)4-3-11-5-15-16-6-11/h5-8,13-14,20H,2-4,9-10H2,1H3,(H,15,16)/t13-,14-/m1/s1. The predicted molar refractivity (Wildman–Crippen MR) is 77.1 cm³/mol. The number of nitrogens with zero attached hydrogens (tertiary/aromatic N) is 4. The van der Waals surface area contributed by atoms with Crippen LogP contribution in [0, 0.1) is 0 Å². The summed E-state index contributed by atoms with van der Waals surface area (Å²) in [5.41, 5.74) is 1.18. The lowest BCUT2D eigenvalue weighted by Gasteiger charge is -2.15. The number of ether oxygens (including phenoxy) is 1. The minimum Gasteiger partial charge on any atom is -0.483 e. The van der Waals surface area contributed by atoms with Crippen molar-refractivity contribution in [3.05, 3.63) is 30.4 Å². The smallest absolute Gasteiger partial charge is 0.157 e. The fourth-order valence-corrected chi connectivity index (χ4v) is 2.59. The third-order valence-corrected chi connectivity index (χ3v) is 3.81. The number of hydrogen-bond acceptors (Lipinski definition) is 5. The summed E-state index contributed by atoms with van der Waals surface area (Å²) in [4.78, 5) is 2.21. The highest BCUT2D eigenvalue weighted by Crippen LogP contribution is 2.18.